The molecule has 0 bridgehead atoms. The Morgan fingerprint density at radius 2 is 2.00 bits per heavy atom. The highest BCUT2D eigenvalue weighted by Gasteiger charge is 2.43. The Hall–Kier alpha value is -2.75. The molecule has 158 valence electrons. The fourth-order valence-electron chi connectivity index (χ4n) is 4.66. The first-order valence-corrected chi connectivity index (χ1v) is 10.8. The molecule has 2 atom stereocenters. The van der Waals surface area contributed by atoms with Gasteiger partial charge >= 0.3 is 0 Å². The minimum absolute atomic E-state index is 0.0194. The number of allylic oxidation sites excluding steroid dienone is 1. The van der Waals surface area contributed by atoms with Crippen molar-refractivity contribution in [2.75, 3.05) is 0 Å². The molecule has 0 fully saturated rings. The zero-order valence-electron chi connectivity index (χ0n) is 18.0. The Labute approximate surface area is 178 Å². The smallest absolute Gasteiger partial charge is 0.156 e. The number of phenolic OH excluding ortho intramolecular Hbond substituents is 1. The zero-order chi connectivity index (χ0) is 21.3. The first-order chi connectivity index (χ1) is 14.3. The van der Waals surface area contributed by atoms with E-state index in [4.69, 9.17) is 9.47 Å². The van der Waals surface area contributed by atoms with Crippen LogP contribution in [0.15, 0.2) is 48.5 Å². The molecule has 1 aliphatic heterocycles. The van der Waals surface area contributed by atoms with Crippen LogP contribution in [-0.4, -0.2) is 22.6 Å². The molecule has 30 heavy (non-hydrogen) atoms. The van der Waals surface area contributed by atoms with E-state index in [-0.39, 0.29) is 23.6 Å². The second kappa shape index (κ2) is 8.17. The molecule has 0 radical (unpaired) electrons. The maximum absolute atomic E-state index is 12.0. The van der Waals surface area contributed by atoms with Crippen LogP contribution < -0.4 is 9.47 Å². The highest BCUT2D eigenvalue weighted by Crippen LogP contribution is 2.52. The van der Waals surface area contributed by atoms with Crippen LogP contribution in [0.4, 0.5) is 0 Å². The topological polar surface area (TPSA) is 55.8 Å². The molecule has 2 aliphatic rings. The number of aromatic hydroxyl groups is 1. The normalized spacial score (nSPS) is 20.4. The van der Waals surface area contributed by atoms with Crippen LogP contribution in [0, 0.1) is 5.92 Å². The van der Waals surface area contributed by atoms with Gasteiger partial charge in [0, 0.05) is 24.5 Å². The van der Waals surface area contributed by atoms with Gasteiger partial charge in [-0.25, -0.2) is 0 Å². The number of phenols is 1. The SMILES string of the molecule is C[C@@H](CCCc1ccccc1)Oc1cc(O)c2c(c1)OC(C)(C)[C@@H]1CCC(=O)C=C21. The molecule has 4 rings (SSSR count). The summed E-state index contributed by atoms with van der Waals surface area (Å²) < 4.78 is 12.4. The maximum Gasteiger partial charge on any atom is 0.156 e. The van der Waals surface area contributed by atoms with Crippen LogP contribution in [0.1, 0.15) is 57.6 Å². The maximum atomic E-state index is 12.0. The summed E-state index contributed by atoms with van der Waals surface area (Å²) in [5.41, 5.74) is 2.41. The van der Waals surface area contributed by atoms with Crippen LogP contribution in [0.25, 0.3) is 5.57 Å². The molecular formula is C26H30O4. The van der Waals surface area contributed by atoms with Crippen molar-refractivity contribution in [2.24, 2.45) is 5.92 Å². The average molecular weight is 407 g/mol. The Morgan fingerprint density at radius 1 is 1.23 bits per heavy atom. The van der Waals surface area contributed by atoms with Gasteiger partial charge in [0.25, 0.3) is 0 Å². The number of benzene rings is 2. The molecule has 0 saturated heterocycles. The molecule has 2 aromatic rings. The van der Waals surface area contributed by atoms with Gasteiger partial charge < -0.3 is 14.6 Å². The van der Waals surface area contributed by atoms with E-state index in [0.29, 0.717) is 23.5 Å². The molecule has 0 amide bonds. The number of ether oxygens (including phenoxy) is 2. The lowest BCUT2D eigenvalue weighted by atomic mass is 9.72. The highest BCUT2D eigenvalue weighted by molar-refractivity contribution is 6.01. The minimum Gasteiger partial charge on any atom is -0.507 e. The minimum atomic E-state index is -0.439. The van der Waals surface area contributed by atoms with Crippen molar-refractivity contribution in [3.8, 4) is 17.2 Å². The lowest BCUT2D eigenvalue weighted by Crippen LogP contribution is -2.43. The van der Waals surface area contributed by atoms with Crippen LogP contribution in [0.2, 0.25) is 0 Å². The van der Waals surface area contributed by atoms with E-state index in [1.54, 1.807) is 12.1 Å². The van der Waals surface area contributed by atoms with Gasteiger partial charge in [0.05, 0.1) is 11.7 Å². The van der Waals surface area contributed by atoms with Gasteiger partial charge in [-0.3, -0.25) is 4.79 Å². The van der Waals surface area contributed by atoms with Gasteiger partial charge in [0.2, 0.25) is 0 Å². The quantitative estimate of drug-likeness (QED) is 0.667. The van der Waals surface area contributed by atoms with Crippen LogP contribution in [0.5, 0.6) is 17.2 Å². The lowest BCUT2D eigenvalue weighted by molar-refractivity contribution is -0.115. The van der Waals surface area contributed by atoms with E-state index >= 15 is 0 Å². The summed E-state index contributed by atoms with van der Waals surface area (Å²) in [5.74, 6) is 1.49. The van der Waals surface area contributed by atoms with Gasteiger partial charge in [-0.2, -0.15) is 0 Å². The fourth-order valence-corrected chi connectivity index (χ4v) is 4.66. The van der Waals surface area contributed by atoms with E-state index in [1.165, 1.54) is 5.56 Å². The van der Waals surface area contributed by atoms with Crippen molar-refractivity contribution in [2.45, 2.75) is 64.6 Å². The third-order valence-corrected chi connectivity index (χ3v) is 6.18. The first kappa shape index (κ1) is 20.5. The second-order valence-electron chi connectivity index (χ2n) is 8.98. The van der Waals surface area contributed by atoms with Crippen LogP contribution in [-0.2, 0) is 11.2 Å². The third kappa shape index (κ3) is 4.23. The predicted molar refractivity (Wildman–Crippen MR) is 118 cm³/mol. The number of fused-ring (bicyclic) bond motifs is 3. The van der Waals surface area contributed by atoms with E-state index in [0.717, 1.165) is 31.3 Å². The van der Waals surface area contributed by atoms with Gasteiger partial charge in [-0.15, -0.1) is 0 Å². The Kier molecular flexibility index (Phi) is 5.59. The molecule has 0 aromatic heterocycles. The van der Waals surface area contributed by atoms with Crippen molar-refractivity contribution >= 4 is 11.4 Å². The van der Waals surface area contributed by atoms with E-state index in [2.05, 4.69) is 24.3 Å². The number of rotatable bonds is 6. The number of aryl methyl sites for hydroxylation is 1. The standard InChI is InChI=1S/C26H30O4/c1-17(8-7-11-18-9-5-4-6-10-18)29-20-15-23(28)25-21-14-19(27)12-13-22(21)26(2,3)30-24(25)16-20/h4-6,9-10,14-17,22,28H,7-8,11-13H2,1-3H3/t17-,22+/m0/s1. The summed E-state index contributed by atoms with van der Waals surface area (Å²) >= 11 is 0. The summed E-state index contributed by atoms with van der Waals surface area (Å²) in [4.78, 5) is 12.0. The van der Waals surface area contributed by atoms with Gasteiger partial charge in [0.15, 0.2) is 5.78 Å². The van der Waals surface area contributed by atoms with Gasteiger partial charge in [0.1, 0.15) is 22.8 Å². The Bertz CT molecular complexity index is 958. The molecule has 0 spiro atoms. The fraction of sp³-hybridized carbons (Fsp3) is 0.423. The highest BCUT2D eigenvalue weighted by atomic mass is 16.5. The Morgan fingerprint density at radius 3 is 2.77 bits per heavy atom. The largest absolute Gasteiger partial charge is 0.507 e. The second-order valence-corrected chi connectivity index (χ2v) is 8.98. The number of hydrogen-bond acceptors (Lipinski definition) is 4. The Balaban J connectivity index is 1.49. The first-order valence-electron chi connectivity index (χ1n) is 10.8. The van der Waals surface area contributed by atoms with Gasteiger partial charge in [-0.05, 0) is 63.7 Å². The average Bonchev–Trinajstić information content (AvgIpc) is 2.67. The molecule has 1 N–H and O–H groups in total. The summed E-state index contributed by atoms with van der Waals surface area (Å²) in [6.45, 7) is 6.13. The van der Waals surface area contributed by atoms with Crippen molar-refractivity contribution in [1.29, 1.82) is 0 Å². The number of carbonyl (C=O) groups excluding carboxylic acids is 1. The van der Waals surface area contributed by atoms with Crippen molar-refractivity contribution < 1.29 is 19.4 Å². The number of carbonyl (C=O) groups is 1. The van der Waals surface area contributed by atoms with E-state index < -0.39 is 5.60 Å². The van der Waals surface area contributed by atoms with Crippen molar-refractivity contribution in [3.63, 3.8) is 0 Å². The number of hydrogen-bond donors (Lipinski definition) is 1. The van der Waals surface area contributed by atoms with E-state index in [9.17, 15) is 9.90 Å². The van der Waals surface area contributed by atoms with Crippen molar-refractivity contribution in [3.05, 3.63) is 59.7 Å². The molecular weight excluding hydrogens is 376 g/mol. The van der Waals surface area contributed by atoms with Crippen molar-refractivity contribution in [1.82, 2.24) is 0 Å². The van der Waals surface area contributed by atoms with Gasteiger partial charge in [-0.1, -0.05) is 30.3 Å². The zero-order valence-corrected chi connectivity index (χ0v) is 18.0. The molecule has 0 saturated carbocycles. The van der Waals surface area contributed by atoms with Crippen LogP contribution in [0.3, 0.4) is 0 Å². The lowest BCUT2D eigenvalue weighted by Gasteiger charge is -2.43. The van der Waals surface area contributed by atoms with E-state index in [1.807, 2.05) is 32.9 Å². The summed E-state index contributed by atoms with van der Waals surface area (Å²) in [7, 11) is 0. The molecule has 2 aromatic carbocycles. The number of ketones is 1. The predicted octanol–water partition coefficient (Wildman–Crippen LogP) is 5.72. The molecule has 1 aliphatic carbocycles. The molecule has 4 heteroatoms. The molecule has 0 unspecified atom stereocenters. The summed E-state index contributed by atoms with van der Waals surface area (Å²) in [6, 6.07) is 13.9. The summed E-state index contributed by atoms with van der Waals surface area (Å²) in [5, 5.41) is 10.8. The third-order valence-electron chi connectivity index (χ3n) is 6.18. The van der Waals surface area contributed by atoms with Crippen LogP contribution >= 0.6 is 0 Å². The monoisotopic (exact) mass is 406 g/mol. The molecule has 4 nitrogen and oxygen atoms in total. The summed E-state index contributed by atoms with van der Waals surface area (Å²) in [6.07, 6.45) is 5.94. The molecule has 1 heterocycles.